The highest BCUT2D eigenvalue weighted by molar-refractivity contribution is 6.12. The zero-order valence-corrected chi connectivity index (χ0v) is 11.7. The van der Waals surface area contributed by atoms with Crippen LogP contribution in [0.3, 0.4) is 0 Å². The molecule has 0 N–H and O–H groups in total. The van der Waals surface area contributed by atoms with Gasteiger partial charge in [0.05, 0.1) is 12.3 Å². The topological polar surface area (TPSA) is 24.7 Å². The fourth-order valence-corrected chi connectivity index (χ4v) is 1.99. The molecule has 100 valence electrons. The highest BCUT2D eigenvalue weighted by Gasteiger charge is 2.05. The molecule has 2 heteroatoms. The molecule has 0 heterocycles. The maximum absolute atomic E-state index is 4.74. The third kappa shape index (κ3) is 3.75. The number of hydrogen-bond acceptors (Lipinski definition) is 2. The summed E-state index contributed by atoms with van der Waals surface area (Å²) in [6.07, 6.45) is 1.75. The fourth-order valence-electron chi connectivity index (χ4n) is 1.99. The summed E-state index contributed by atoms with van der Waals surface area (Å²) >= 11 is 0. The van der Waals surface area contributed by atoms with Gasteiger partial charge in [0.25, 0.3) is 0 Å². The molecule has 0 fully saturated rings. The average Bonchev–Trinajstić information content (AvgIpc) is 2.50. The lowest BCUT2D eigenvalue weighted by Crippen LogP contribution is -2.03. The highest BCUT2D eigenvalue weighted by Crippen LogP contribution is 2.11. The molecule has 20 heavy (non-hydrogen) atoms. The monoisotopic (exact) mass is 262 g/mol. The van der Waals surface area contributed by atoms with Crippen LogP contribution in [0.1, 0.15) is 18.1 Å². The van der Waals surface area contributed by atoms with E-state index < -0.39 is 0 Å². The molecule has 2 aromatic carbocycles. The standard InChI is InChI=1S/C18H18N2/c1-15(13-19-2)18(17-11-7-4-8-12-17)20-14-16-9-5-3-6-10-16/h3-13H,2,14H2,1H3/b15-13-,20-18?. The van der Waals surface area contributed by atoms with Gasteiger partial charge in [0.1, 0.15) is 0 Å². The number of nitrogens with zero attached hydrogens (tertiary/aromatic N) is 2. The van der Waals surface area contributed by atoms with Crippen LogP contribution in [-0.2, 0) is 6.54 Å². The number of benzene rings is 2. The Bertz CT molecular complexity index is 610. The molecular weight excluding hydrogens is 244 g/mol. The van der Waals surface area contributed by atoms with Crippen molar-refractivity contribution in [3.05, 3.63) is 83.6 Å². The molecule has 0 aliphatic heterocycles. The van der Waals surface area contributed by atoms with Crippen LogP contribution in [0.15, 0.2) is 82.4 Å². The van der Waals surface area contributed by atoms with Crippen molar-refractivity contribution < 1.29 is 0 Å². The van der Waals surface area contributed by atoms with Crippen molar-refractivity contribution >= 4 is 12.4 Å². The maximum atomic E-state index is 4.74. The van der Waals surface area contributed by atoms with Crippen molar-refractivity contribution in [2.75, 3.05) is 0 Å². The average molecular weight is 262 g/mol. The summed E-state index contributed by atoms with van der Waals surface area (Å²) < 4.78 is 0. The number of rotatable bonds is 5. The smallest absolute Gasteiger partial charge is 0.0695 e. The largest absolute Gasteiger partial charge is 0.280 e. The van der Waals surface area contributed by atoms with E-state index in [1.165, 1.54) is 5.56 Å². The molecule has 0 amide bonds. The second-order valence-electron chi connectivity index (χ2n) is 4.51. The first-order valence-corrected chi connectivity index (χ1v) is 6.58. The van der Waals surface area contributed by atoms with E-state index in [1.807, 2.05) is 43.3 Å². The van der Waals surface area contributed by atoms with Crippen molar-refractivity contribution in [1.29, 1.82) is 0 Å². The zero-order valence-electron chi connectivity index (χ0n) is 11.7. The normalized spacial score (nSPS) is 12.2. The summed E-state index contributed by atoms with van der Waals surface area (Å²) in [5.41, 5.74) is 4.27. The van der Waals surface area contributed by atoms with E-state index in [9.17, 15) is 0 Å². The zero-order chi connectivity index (χ0) is 14.2. The van der Waals surface area contributed by atoms with E-state index in [0.29, 0.717) is 6.54 Å². The minimum absolute atomic E-state index is 0.660. The first-order valence-electron chi connectivity index (χ1n) is 6.58. The van der Waals surface area contributed by atoms with Crippen molar-refractivity contribution in [3.63, 3.8) is 0 Å². The lowest BCUT2D eigenvalue weighted by molar-refractivity contribution is 1.06. The highest BCUT2D eigenvalue weighted by atomic mass is 14.7. The SMILES string of the molecule is C=N/C=C(/C)C(=NCc1ccccc1)c1ccccc1. The molecule has 0 saturated heterocycles. The van der Waals surface area contributed by atoms with Crippen molar-refractivity contribution in [1.82, 2.24) is 0 Å². The molecule has 0 aliphatic rings. The van der Waals surface area contributed by atoms with Crippen LogP contribution < -0.4 is 0 Å². The summed E-state index contributed by atoms with van der Waals surface area (Å²) in [5.74, 6) is 0. The van der Waals surface area contributed by atoms with Crippen LogP contribution >= 0.6 is 0 Å². The lowest BCUT2D eigenvalue weighted by atomic mass is 10.0. The molecule has 2 rings (SSSR count). The van der Waals surface area contributed by atoms with Crippen molar-refractivity contribution in [3.8, 4) is 0 Å². The van der Waals surface area contributed by atoms with Gasteiger partial charge < -0.3 is 0 Å². The van der Waals surface area contributed by atoms with Crippen LogP contribution in [0, 0.1) is 0 Å². The van der Waals surface area contributed by atoms with E-state index in [0.717, 1.165) is 16.8 Å². The van der Waals surface area contributed by atoms with Gasteiger partial charge >= 0.3 is 0 Å². The molecular formula is C18H18N2. The van der Waals surface area contributed by atoms with Crippen molar-refractivity contribution in [2.45, 2.75) is 13.5 Å². The summed E-state index contributed by atoms with van der Waals surface area (Å²) in [6, 6.07) is 20.4. The van der Waals surface area contributed by atoms with E-state index >= 15 is 0 Å². The van der Waals surface area contributed by atoms with E-state index in [1.54, 1.807) is 6.20 Å². The lowest BCUT2D eigenvalue weighted by Gasteiger charge is -2.07. The molecule has 2 nitrogen and oxygen atoms in total. The number of aliphatic imine (C=N–C) groups is 2. The van der Waals surface area contributed by atoms with Gasteiger partial charge in [-0.2, -0.15) is 0 Å². The third-order valence-corrected chi connectivity index (χ3v) is 2.97. The molecule has 0 radical (unpaired) electrons. The van der Waals surface area contributed by atoms with E-state index in [4.69, 9.17) is 4.99 Å². The van der Waals surface area contributed by atoms with Gasteiger partial charge in [-0.15, -0.1) is 0 Å². The predicted octanol–water partition coefficient (Wildman–Crippen LogP) is 4.28. The Morgan fingerprint density at radius 1 is 1.00 bits per heavy atom. The quantitative estimate of drug-likeness (QED) is 0.718. The summed E-state index contributed by atoms with van der Waals surface area (Å²) in [4.78, 5) is 8.59. The summed E-state index contributed by atoms with van der Waals surface area (Å²) in [6.45, 7) is 6.18. The molecule has 0 unspecified atom stereocenters. The van der Waals surface area contributed by atoms with Gasteiger partial charge in [-0.05, 0) is 30.3 Å². The summed E-state index contributed by atoms with van der Waals surface area (Å²) in [7, 11) is 0. The second-order valence-corrected chi connectivity index (χ2v) is 4.51. The molecule has 0 saturated carbocycles. The van der Waals surface area contributed by atoms with Crippen LogP contribution in [0.25, 0.3) is 0 Å². The van der Waals surface area contributed by atoms with Gasteiger partial charge in [-0.1, -0.05) is 60.7 Å². The van der Waals surface area contributed by atoms with Crippen LogP contribution in [0.4, 0.5) is 0 Å². The molecule has 0 spiro atoms. The molecule has 0 aliphatic carbocycles. The van der Waals surface area contributed by atoms with Gasteiger partial charge in [0.15, 0.2) is 0 Å². The van der Waals surface area contributed by atoms with E-state index in [2.05, 4.69) is 36.0 Å². The number of hydrogen-bond donors (Lipinski definition) is 0. The first kappa shape index (κ1) is 13.9. The Balaban J connectivity index is 2.32. The van der Waals surface area contributed by atoms with Crippen molar-refractivity contribution in [2.24, 2.45) is 9.98 Å². The molecule has 0 aromatic heterocycles. The Labute approximate surface area is 120 Å². The Morgan fingerprint density at radius 2 is 1.60 bits per heavy atom. The van der Waals surface area contributed by atoms with Crippen LogP contribution in [0.2, 0.25) is 0 Å². The molecule has 2 aromatic rings. The Morgan fingerprint density at radius 3 is 2.20 bits per heavy atom. The predicted molar refractivity (Wildman–Crippen MR) is 86.4 cm³/mol. The minimum Gasteiger partial charge on any atom is -0.280 e. The van der Waals surface area contributed by atoms with Gasteiger partial charge in [-0.3, -0.25) is 9.98 Å². The molecule has 0 bridgehead atoms. The van der Waals surface area contributed by atoms with Gasteiger partial charge in [0.2, 0.25) is 0 Å². The second kappa shape index (κ2) is 7.19. The Kier molecular flexibility index (Phi) is 5.01. The Hall–Kier alpha value is -2.48. The van der Waals surface area contributed by atoms with Gasteiger partial charge in [-0.25, -0.2) is 0 Å². The number of allylic oxidation sites excluding steroid dienone is 1. The first-order chi connectivity index (χ1) is 9.81. The minimum atomic E-state index is 0.660. The maximum Gasteiger partial charge on any atom is 0.0695 e. The molecule has 0 atom stereocenters. The van der Waals surface area contributed by atoms with Crippen LogP contribution in [0.5, 0.6) is 0 Å². The van der Waals surface area contributed by atoms with E-state index in [-0.39, 0.29) is 0 Å². The van der Waals surface area contributed by atoms with Gasteiger partial charge in [0, 0.05) is 6.20 Å². The third-order valence-electron chi connectivity index (χ3n) is 2.97. The fraction of sp³-hybridized carbons (Fsp3) is 0.111. The summed E-state index contributed by atoms with van der Waals surface area (Å²) in [5, 5.41) is 0. The van der Waals surface area contributed by atoms with Crippen LogP contribution in [-0.4, -0.2) is 12.4 Å².